The van der Waals surface area contributed by atoms with E-state index in [4.69, 9.17) is 16.9 Å². The van der Waals surface area contributed by atoms with Gasteiger partial charge in [-0.2, -0.15) is 0 Å². The summed E-state index contributed by atoms with van der Waals surface area (Å²) >= 11 is 0. The van der Waals surface area contributed by atoms with Crippen molar-refractivity contribution in [1.29, 1.82) is 0 Å². The molecule has 1 aromatic rings. The summed E-state index contributed by atoms with van der Waals surface area (Å²) in [5, 5.41) is 2.73. The standard InChI is InChI=1S/C16H22N2O2/c1-5-12-7-6-8-13(9-12)14(10-17)11-18-15(19)20-16(2,3)4/h1,6-9,14H,10-11,17H2,2-4H3,(H,18,19). The number of rotatable bonds is 4. The first-order valence-corrected chi connectivity index (χ1v) is 6.59. The molecule has 0 spiro atoms. The molecule has 108 valence electrons. The molecule has 0 aromatic heterocycles. The molecule has 1 unspecified atom stereocenters. The molecule has 0 radical (unpaired) electrons. The van der Waals surface area contributed by atoms with Gasteiger partial charge in [0.1, 0.15) is 5.60 Å². The summed E-state index contributed by atoms with van der Waals surface area (Å²) < 4.78 is 5.19. The summed E-state index contributed by atoms with van der Waals surface area (Å²) in [7, 11) is 0. The van der Waals surface area contributed by atoms with Gasteiger partial charge in [0.2, 0.25) is 0 Å². The highest BCUT2D eigenvalue weighted by Gasteiger charge is 2.17. The SMILES string of the molecule is C#Cc1cccc(C(CN)CNC(=O)OC(C)(C)C)c1. The second-order valence-electron chi connectivity index (χ2n) is 5.59. The zero-order valence-corrected chi connectivity index (χ0v) is 12.3. The lowest BCUT2D eigenvalue weighted by Crippen LogP contribution is -2.36. The third kappa shape index (κ3) is 5.33. The Bertz CT molecular complexity index is 498. The molecule has 0 fully saturated rings. The zero-order chi connectivity index (χ0) is 15.2. The van der Waals surface area contributed by atoms with Crippen molar-refractivity contribution in [2.45, 2.75) is 32.3 Å². The van der Waals surface area contributed by atoms with Crippen LogP contribution >= 0.6 is 0 Å². The van der Waals surface area contributed by atoms with Gasteiger partial charge in [-0.1, -0.05) is 18.1 Å². The van der Waals surface area contributed by atoms with E-state index in [-0.39, 0.29) is 5.92 Å². The maximum absolute atomic E-state index is 11.6. The van der Waals surface area contributed by atoms with Gasteiger partial charge in [-0.15, -0.1) is 6.42 Å². The quantitative estimate of drug-likeness (QED) is 0.828. The van der Waals surface area contributed by atoms with E-state index in [9.17, 15) is 4.79 Å². The lowest BCUT2D eigenvalue weighted by atomic mass is 9.97. The number of alkyl carbamates (subject to hydrolysis) is 1. The van der Waals surface area contributed by atoms with Crippen LogP contribution in [0, 0.1) is 12.3 Å². The van der Waals surface area contributed by atoms with Crippen LogP contribution in [0.4, 0.5) is 4.79 Å². The summed E-state index contributed by atoms with van der Waals surface area (Å²) in [4.78, 5) is 11.6. The van der Waals surface area contributed by atoms with Crippen LogP contribution in [0.25, 0.3) is 0 Å². The number of terminal acetylenes is 1. The summed E-state index contributed by atoms with van der Waals surface area (Å²) in [6, 6.07) is 7.61. The van der Waals surface area contributed by atoms with Gasteiger partial charge in [-0.05, 0) is 38.5 Å². The number of nitrogens with one attached hydrogen (secondary N) is 1. The van der Waals surface area contributed by atoms with E-state index < -0.39 is 11.7 Å². The van der Waals surface area contributed by atoms with Crippen LogP contribution in [0.3, 0.4) is 0 Å². The number of benzene rings is 1. The van der Waals surface area contributed by atoms with Crippen LogP contribution in [0.2, 0.25) is 0 Å². The minimum Gasteiger partial charge on any atom is -0.444 e. The molecule has 4 nitrogen and oxygen atoms in total. The van der Waals surface area contributed by atoms with Gasteiger partial charge in [0.15, 0.2) is 0 Å². The first-order chi connectivity index (χ1) is 9.35. The second kappa shape index (κ2) is 6.97. The molecular weight excluding hydrogens is 252 g/mol. The van der Waals surface area contributed by atoms with Gasteiger partial charge in [-0.3, -0.25) is 0 Å². The molecule has 0 aliphatic heterocycles. The van der Waals surface area contributed by atoms with Gasteiger partial charge < -0.3 is 15.8 Å². The topological polar surface area (TPSA) is 64.3 Å². The molecule has 0 aliphatic carbocycles. The molecule has 1 amide bonds. The zero-order valence-electron chi connectivity index (χ0n) is 12.3. The minimum absolute atomic E-state index is 0.0100. The largest absolute Gasteiger partial charge is 0.444 e. The van der Waals surface area contributed by atoms with Crippen molar-refractivity contribution in [3.8, 4) is 12.3 Å². The Balaban J connectivity index is 2.64. The van der Waals surface area contributed by atoms with Crippen molar-refractivity contribution in [3.05, 3.63) is 35.4 Å². The van der Waals surface area contributed by atoms with Crippen LogP contribution in [0.5, 0.6) is 0 Å². The Morgan fingerprint density at radius 1 is 1.50 bits per heavy atom. The van der Waals surface area contributed by atoms with Gasteiger partial charge in [-0.25, -0.2) is 4.79 Å². The van der Waals surface area contributed by atoms with Gasteiger partial charge in [0.25, 0.3) is 0 Å². The maximum atomic E-state index is 11.6. The highest BCUT2D eigenvalue weighted by atomic mass is 16.6. The van der Waals surface area contributed by atoms with Crippen LogP contribution in [-0.4, -0.2) is 24.8 Å². The normalized spacial score (nSPS) is 12.3. The summed E-state index contributed by atoms with van der Waals surface area (Å²) in [5.74, 6) is 2.60. The highest BCUT2D eigenvalue weighted by molar-refractivity contribution is 5.67. The molecule has 3 N–H and O–H groups in total. The molecule has 1 aromatic carbocycles. The molecule has 0 heterocycles. The average molecular weight is 274 g/mol. The fourth-order valence-corrected chi connectivity index (χ4v) is 1.74. The average Bonchev–Trinajstić information content (AvgIpc) is 2.37. The van der Waals surface area contributed by atoms with E-state index in [1.165, 1.54) is 0 Å². The van der Waals surface area contributed by atoms with E-state index in [0.717, 1.165) is 11.1 Å². The number of nitrogens with two attached hydrogens (primary N) is 1. The number of carbonyl (C=O) groups excluding carboxylic acids is 1. The van der Waals surface area contributed by atoms with E-state index in [1.807, 2.05) is 45.0 Å². The lowest BCUT2D eigenvalue weighted by molar-refractivity contribution is 0.0525. The van der Waals surface area contributed by atoms with Crippen molar-refractivity contribution in [2.75, 3.05) is 13.1 Å². The van der Waals surface area contributed by atoms with Crippen LogP contribution in [0.1, 0.15) is 37.8 Å². The van der Waals surface area contributed by atoms with Gasteiger partial charge in [0, 0.05) is 24.6 Å². The van der Waals surface area contributed by atoms with Crippen LogP contribution in [-0.2, 0) is 4.74 Å². The Morgan fingerprint density at radius 3 is 2.75 bits per heavy atom. The monoisotopic (exact) mass is 274 g/mol. The van der Waals surface area contributed by atoms with E-state index in [2.05, 4.69) is 11.2 Å². The van der Waals surface area contributed by atoms with Crippen molar-refractivity contribution in [2.24, 2.45) is 5.73 Å². The Hall–Kier alpha value is -1.99. The molecular formula is C16H22N2O2. The Morgan fingerprint density at radius 2 is 2.20 bits per heavy atom. The fraction of sp³-hybridized carbons (Fsp3) is 0.438. The first kappa shape index (κ1) is 16.1. The number of amides is 1. The maximum Gasteiger partial charge on any atom is 0.407 e. The van der Waals surface area contributed by atoms with Crippen LogP contribution < -0.4 is 11.1 Å². The summed E-state index contributed by atoms with van der Waals surface area (Å²) in [6.45, 7) is 6.30. The third-order valence-electron chi connectivity index (χ3n) is 2.70. The molecule has 0 aliphatic rings. The molecule has 1 atom stereocenters. The van der Waals surface area contributed by atoms with Crippen molar-refractivity contribution in [3.63, 3.8) is 0 Å². The number of hydrogen-bond acceptors (Lipinski definition) is 3. The summed E-state index contributed by atoms with van der Waals surface area (Å²) in [6.07, 6.45) is 4.94. The predicted octanol–water partition coefficient (Wildman–Crippen LogP) is 2.23. The molecule has 4 heteroatoms. The predicted molar refractivity (Wildman–Crippen MR) is 80.4 cm³/mol. The Kier molecular flexibility index (Phi) is 5.60. The van der Waals surface area contributed by atoms with E-state index in [1.54, 1.807) is 0 Å². The lowest BCUT2D eigenvalue weighted by Gasteiger charge is -2.21. The highest BCUT2D eigenvalue weighted by Crippen LogP contribution is 2.15. The number of ether oxygens (including phenoxy) is 1. The third-order valence-corrected chi connectivity index (χ3v) is 2.70. The fourth-order valence-electron chi connectivity index (χ4n) is 1.74. The molecule has 1 rings (SSSR count). The van der Waals surface area contributed by atoms with Crippen molar-refractivity contribution >= 4 is 6.09 Å². The van der Waals surface area contributed by atoms with E-state index in [0.29, 0.717) is 13.1 Å². The van der Waals surface area contributed by atoms with Gasteiger partial charge >= 0.3 is 6.09 Å². The first-order valence-electron chi connectivity index (χ1n) is 6.59. The summed E-state index contributed by atoms with van der Waals surface area (Å²) in [5.41, 5.74) is 7.07. The molecule has 0 saturated heterocycles. The van der Waals surface area contributed by atoms with E-state index >= 15 is 0 Å². The van der Waals surface area contributed by atoms with Gasteiger partial charge in [0.05, 0.1) is 0 Å². The Labute approximate surface area is 120 Å². The second-order valence-corrected chi connectivity index (χ2v) is 5.59. The number of hydrogen-bond donors (Lipinski definition) is 2. The molecule has 0 saturated carbocycles. The smallest absolute Gasteiger partial charge is 0.407 e. The minimum atomic E-state index is -0.508. The van der Waals surface area contributed by atoms with Crippen molar-refractivity contribution < 1.29 is 9.53 Å². The molecule has 20 heavy (non-hydrogen) atoms. The molecule has 0 bridgehead atoms. The van der Waals surface area contributed by atoms with Crippen LogP contribution in [0.15, 0.2) is 24.3 Å². The van der Waals surface area contributed by atoms with Crippen molar-refractivity contribution in [1.82, 2.24) is 5.32 Å². The number of carbonyl (C=O) groups is 1.